The zero-order chi connectivity index (χ0) is 22.1. The van der Waals surface area contributed by atoms with E-state index >= 15 is 0 Å². The van der Waals surface area contributed by atoms with Gasteiger partial charge in [-0.05, 0) is 47.0 Å². The fourth-order valence-corrected chi connectivity index (χ4v) is 4.54. The number of ether oxygens (including phenoxy) is 1. The molecule has 0 saturated heterocycles. The molecule has 0 fully saturated rings. The average molecular weight is 472 g/mol. The molecule has 3 aromatic rings. The van der Waals surface area contributed by atoms with Gasteiger partial charge in [0.25, 0.3) is 5.91 Å². The third-order valence-corrected chi connectivity index (χ3v) is 6.29. The fourth-order valence-electron chi connectivity index (χ4n) is 2.94. The Hall–Kier alpha value is -2.40. The van der Waals surface area contributed by atoms with Gasteiger partial charge >= 0.3 is 0 Å². The van der Waals surface area contributed by atoms with E-state index in [0.717, 1.165) is 28.2 Å². The number of carbonyl (C=O) groups is 1. The van der Waals surface area contributed by atoms with Crippen molar-refractivity contribution in [3.05, 3.63) is 99.5 Å². The van der Waals surface area contributed by atoms with E-state index in [4.69, 9.17) is 27.9 Å². The summed E-state index contributed by atoms with van der Waals surface area (Å²) < 4.78 is 5.21. The van der Waals surface area contributed by atoms with Crippen molar-refractivity contribution < 1.29 is 9.53 Å². The van der Waals surface area contributed by atoms with Crippen LogP contribution in [0.4, 0.5) is 0 Å². The number of halogens is 2. The van der Waals surface area contributed by atoms with Gasteiger partial charge < -0.3 is 10.1 Å². The highest BCUT2D eigenvalue weighted by molar-refractivity contribution is 7.98. The molecule has 0 aliphatic rings. The van der Waals surface area contributed by atoms with E-state index in [-0.39, 0.29) is 5.91 Å². The highest BCUT2D eigenvalue weighted by Crippen LogP contribution is 2.28. The molecule has 0 aliphatic carbocycles. The average Bonchev–Trinajstić information content (AvgIpc) is 2.79. The highest BCUT2D eigenvalue weighted by atomic mass is 35.5. The lowest BCUT2D eigenvalue weighted by atomic mass is 10.0. The Morgan fingerprint density at radius 2 is 1.65 bits per heavy atom. The van der Waals surface area contributed by atoms with Gasteiger partial charge in [-0.15, -0.1) is 0 Å². The van der Waals surface area contributed by atoms with Crippen molar-refractivity contribution in [1.29, 1.82) is 0 Å². The van der Waals surface area contributed by atoms with E-state index in [2.05, 4.69) is 5.32 Å². The number of benzene rings is 3. The van der Waals surface area contributed by atoms with E-state index in [1.165, 1.54) is 0 Å². The number of rotatable bonds is 9. The van der Waals surface area contributed by atoms with Crippen LogP contribution in [0.15, 0.2) is 72.8 Å². The molecule has 0 aromatic heterocycles. The largest absolute Gasteiger partial charge is 0.497 e. The molecule has 3 nitrogen and oxygen atoms in total. The number of thioether (sulfide) groups is 1. The van der Waals surface area contributed by atoms with E-state index in [1.54, 1.807) is 18.9 Å². The molecule has 0 atom stereocenters. The maximum absolute atomic E-state index is 13.0. The Balaban J connectivity index is 1.63. The zero-order valence-electron chi connectivity index (χ0n) is 17.1. The first-order chi connectivity index (χ1) is 15.1. The number of carbonyl (C=O) groups excluding carboxylic acids is 1. The summed E-state index contributed by atoms with van der Waals surface area (Å²) in [4.78, 5) is 13.0. The van der Waals surface area contributed by atoms with Gasteiger partial charge in [-0.1, -0.05) is 71.7 Å². The monoisotopic (exact) mass is 471 g/mol. The number of methoxy groups -OCH3 is 1. The summed E-state index contributed by atoms with van der Waals surface area (Å²) in [6.07, 6.45) is 1.89. The standard InChI is InChI=1S/C25H23Cl2NO2S/c1-30-20-12-10-18(11-13-20)16-21(19-6-3-2-4-7-19)25(29)28-14-15-31-17-22-23(26)8-5-9-24(22)27/h2-13,16H,14-15,17H2,1H3,(H,28,29)/b21-16+. The Kier molecular flexibility index (Phi) is 8.89. The first-order valence-corrected chi connectivity index (χ1v) is 11.7. The topological polar surface area (TPSA) is 38.3 Å². The van der Waals surface area contributed by atoms with Gasteiger partial charge in [0.1, 0.15) is 5.75 Å². The lowest BCUT2D eigenvalue weighted by molar-refractivity contribution is -0.115. The van der Waals surface area contributed by atoms with Gasteiger partial charge in [0, 0.05) is 33.7 Å². The van der Waals surface area contributed by atoms with Gasteiger partial charge in [-0.2, -0.15) is 11.8 Å². The highest BCUT2D eigenvalue weighted by Gasteiger charge is 2.12. The van der Waals surface area contributed by atoms with Crippen LogP contribution in [0.5, 0.6) is 5.75 Å². The van der Waals surface area contributed by atoms with Crippen LogP contribution in [0.25, 0.3) is 11.6 Å². The predicted octanol–water partition coefficient (Wildman–Crippen LogP) is 6.59. The molecule has 160 valence electrons. The van der Waals surface area contributed by atoms with Crippen molar-refractivity contribution in [2.24, 2.45) is 0 Å². The predicted molar refractivity (Wildman–Crippen MR) is 133 cm³/mol. The molecule has 0 heterocycles. The molecule has 31 heavy (non-hydrogen) atoms. The summed E-state index contributed by atoms with van der Waals surface area (Å²) in [6.45, 7) is 0.540. The summed E-state index contributed by atoms with van der Waals surface area (Å²) >= 11 is 14.1. The Morgan fingerprint density at radius 1 is 0.968 bits per heavy atom. The molecule has 3 aromatic carbocycles. The second-order valence-electron chi connectivity index (χ2n) is 6.71. The maximum atomic E-state index is 13.0. The maximum Gasteiger partial charge on any atom is 0.251 e. The van der Waals surface area contributed by atoms with E-state index in [1.807, 2.05) is 78.9 Å². The van der Waals surface area contributed by atoms with Gasteiger partial charge in [-0.3, -0.25) is 4.79 Å². The van der Waals surface area contributed by atoms with Gasteiger partial charge in [-0.25, -0.2) is 0 Å². The van der Waals surface area contributed by atoms with Crippen LogP contribution in [-0.4, -0.2) is 25.3 Å². The smallest absolute Gasteiger partial charge is 0.251 e. The van der Waals surface area contributed by atoms with E-state index in [9.17, 15) is 4.79 Å². The summed E-state index contributed by atoms with van der Waals surface area (Å²) in [5.74, 6) is 2.11. The molecule has 0 unspecified atom stereocenters. The number of amides is 1. The fraction of sp³-hybridized carbons (Fsp3) is 0.160. The Labute approximate surface area is 197 Å². The zero-order valence-corrected chi connectivity index (χ0v) is 19.4. The molecule has 0 bridgehead atoms. The molecule has 3 rings (SSSR count). The summed E-state index contributed by atoms with van der Waals surface area (Å²) in [5.41, 5.74) is 3.33. The van der Waals surface area contributed by atoms with Crippen LogP contribution in [0.1, 0.15) is 16.7 Å². The van der Waals surface area contributed by atoms with Gasteiger partial charge in [0.05, 0.1) is 7.11 Å². The van der Waals surface area contributed by atoms with Gasteiger partial charge in [0.2, 0.25) is 0 Å². The molecule has 1 N–H and O–H groups in total. The van der Waals surface area contributed by atoms with Crippen molar-refractivity contribution in [3.8, 4) is 5.75 Å². The number of nitrogens with one attached hydrogen (secondary N) is 1. The van der Waals surface area contributed by atoms with Crippen LogP contribution in [-0.2, 0) is 10.5 Å². The van der Waals surface area contributed by atoms with Crippen LogP contribution in [0, 0.1) is 0 Å². The van der Waals surface area contributed by atoms with E-state index in [0.29, 0.717) is 27.9 Å². The lowest BCUT2D eigenvalue weighted by Gasteiger charge is -2.11. The van der Waals surface area contributed by atoms with E-state index < -0.39 is 0 Å². The molecule has 0 aliphatic heterocycles. The third-order valence-electron chi connectivity index (χ3n) is 4.60. The lowest BCUT2D eigenvalue weighted by Crippen LogP contribution is -2.26. The number of hydrogen-bond donors (Lipinski definition) is 1. The second-order valence-corrected chi connectivity index (χ2v) is 8.63. The minimum absolute atomic E-state index is 0.113. The van der Waals surface area contributed by atoms with Crippen molar-refractivity contribution >= 4 is 52.5 Å². The molecule has 0 radical (unpaired) electrons. The number of hydrogen-bond acceptors (Lipinski definition) is 3. The molecule has 0 saturated carbocycles. The minimum Gasteiger partial charge on any atom is -0.497 e. The summed E-state index contributed by atoms with van der Waals surface area (Å²) in [5, 5.41) is 4.35. The van der Waals surface area contributed by atoms with Crippen molar-refractivity contribution in [2.45, 2.75) is 5.75 Å². The summed E-state index contributed by atoms with van der Waals surface area (Å²) in [6, 6.07) is 22.8. The SMILES string of the molecule is COc1ccc(/C=C(/C(=O)NCCSCc2c(Cl)cccc2Cl)c2ccccc2)cc1. The molecule has 1 amide bonds. The first kappa shape index (κ1) is 23.3. The summed E-state index contributed by atoms with van der Waals surface area (Å²) in [7, 11) is 1.63. The van der Waals surface area contributed by atoms with Gasteiger partial charge in [0.15, 0.2) is 0 Å². The van der Waals surface area contributed by atoms with Crippen molar-refractivity contribution in [3.63, 3.8) is 0 Å². The van der Waals surface area contributed by atoms with Crippen LogP contribution in [0.3, 0.4) is 0 Å². The quantitative estimate of drug-likeness (QED) is 0.217. The normalized spacial score (nSPS) is 11.3. The molecular weight excluding hydrogens is 449 g/mol. The Morgan fingerprint density at radius 3 is 2.29 bits per heavy atom. The second kappa shape index (κ2) is 11.8. The molecule has 6 heteroatoms. The molecular formula is C25H23Cl2NO2S. The van der Waals surface area contributed by atoms with Crippen molar-refractivity contribution in [2.75, 3.05) is 19.4 Å². The van der Waals surface area contributed by atoms with Crippen molar-refractivity contribution in [1.82, 2.24) is 5.32 Å². The first-order valence-electron chi connectivity index (χ1n) is 9.78. The van der Waals surface area contributed by atoms with Crippen LogP contribution < -0.4 is 10.1 Å². The van der Waals surface area contributed by atoms with Crippen LogP contribution >= 0.6 is 35.0 Å². The Bertz CT molecular complexity index is 1020. The van der Waals surface area contributed by atoms with Crippen LogP contribution in [0.2, 0.25) is 10.0 Å². The molecule has 0 spiro atoms. The third kappa shape index (κ3) is 6.79. The minimum atomic E-state index is -0.113.